The van der Waals surface area contributed by atoms with E-state index < -0.39 is 0 Å². The minimum absolute atomic E-state index is 0.172. The maximum absolute atomic E-state index is 9.64. The second-order valence-corrected chi connectivity index (χ2v) is 6.57. The van der Waals surface area contributed by atoms with E-state index in [0.717, 1.165) is 11.3 Å². The first-order chi connectivity index (χ1) is 12.2. The molecule has 0 aliphatic rings. The highest BCUT2D eigenvalue weighted by Gasteiger charge is 2.03. The molecule has 0 spiro atoms. The summed E-state index contributed by atoms with van der Waals surface area (Å²) in [6.45, 7) is 2.96. The van der Waals surface area contributed by atoms with Gasteiger partial charge in [-0.3, -0.25) is 0 Å². The molecule has 2 aromatic rings. The molecule has 2 N–H and O–H groups in total. The third-order valence-electron chi connectivity index (χ3n) is 4.51. The van der Waals surface area contributed by atoms with Gasteiger partial charge in [-0.1, -0.05) is 57.2 Å². The second kappa shape index (κ2) is 10.7. The topological polar surface area (TPSA) is 41.5 Å². The molecule has 0 unspecified atom stereocenters. The number of methoxy groups -OCH3 is 1. The number of aryl methyl sites for hydroxylation is 1. The van der Waals surface area contributed by atoms with Crippen LogP contribution in [0.4, 0.5) is 5.69 Å². The number of nitrogens with one attached hydrogen (secondary N) is 1. The molecule has 0 atom stereocenters. The lowest BCUT2D eigenvalue weighted by Crippen LogP contribution is -2.00. The Kier molecular flexibility index (Phi) is 8.17. The highest BCUT2D eigenvalue weighted by molar-refractivity contribution is 5.47. The maximum atomic E-state index is 9.64. The van der Waals surface area contributed by atoms with Gasteiger partial charge >= 0.3 is 0 Å². The molecule has 3 heteroatoms. The Hall–Kier alpha value is -2.16. The zero-order valence-corrected chi connectivity index (χ0v) is 15.6. The number of hydrogen-bond acceptors (Lipinski definition) is 3. The Labute approximate surface area is 152 Å². The smallest absolute Gasteiger partial charge is 0.160 e. The summed E-state index contributed by atoms with van der Waals surface area (Å²) >= 11 is 0. The van der Waals surface area contributed by atoms with Gasteiger partial charge in [-0.25, -0.2) is 0 Å². The van der Waals surface area contributed by atoms with Crippen molar-refractivity contribution in [1.29, 1.82) is 0 Å². The number of rotatable bonds is 11. The van der Waals surface area contributed by atoms with Crippen LogP contribution in [0.3, 0.4) is 0 Å². The number of aromatic hydroxyl groups is 1. The van der Waals surface area contributed by atoms with E-state index in [2.05, 4.69) is 36.5 Å². The predicted molar refractivity (Wildman–Crippen MR) is 106 cm³/mol. The Morgan fingerprint density at radius 1 is 0.880 bits per heavy atom. The first-order valence-corrected chi connectivity index (χ1v) is 9.41. The average Bonchev–Trinajstić information content (AvgIpc) is 2.65. The van der Waals surface area contributed by atoms with E-state index in [4.69, 9.17) is 4.74 Å². The van der Waals surface area contributed by atoms with Crippen LogP contribution in [-0.4, -0.2) is 12.2 Å². The fourth-order valence-electron chi connectivity index (χ4n) is 2.93. The molecule has 0 saturated heterocycles. The van der Waals surface area contributed by atoms with Crippen molar-refractivity contribution in [3.05, 3.63) is 53.6 Å². The normalized spacial score (nSPS) is 10.6. The number of anilines is 1. The first kappa shape index (κ1) is 19.2. The number of phenols is 1. The van der Waals surface area contributed by atoms with E-state index in [1.54, 1.807) is 13.2 Å². The summed E-state index contributed by atoms with van der Waals surface area (Å²) in [6, 6.07) is 14.1. The lowest BCUT2D eigenvalue weighted by Gasteiger charge is -2.10. The van der Waals surface area contributed by atoms with Crippen molar-refractivity contribution in [2.75, 3.05) is 12.4 Å². The van der Waals surface area contributed by atoms with Crippen LogP contribution in [0.25, 0.3) is 0 Å². The predicted octanol–water partition coefficient (Wildman–Crippen LogP) is 5.92. The highest BCUT2D eigenvalue weighted by Crippen LogP contribution is 2.26. The third kappa shape index (κ3) is 6.69. The van der Waals surface area contributed by atoms with E-state index in [1.165, 1.54) is 50.5 Å². The summed E-state index contributed by atoms with van der Waals surface area (Å²) in [4.78, 5) is 0. The van der Waals surface area contributed by atoms with E-state index in [0.29, 0.717) is 12.3 Å². The molecule has 0 saturated carbocycles. The third-order valence-corrected chi connectivity index (χ3v) is 4.51. The summed E-state index contributed by atoms with van der Waals surface area (Å²) in [5.41, 5.74) is 3.59. The van der Waals surface area contributed by atoms with Gasteiger partial charge in [0.1, 0.15) is 0 Å². The van der Waals surface area contributed by atoms with Gasteiger partial charge in [0.15, 0.2) is 11.5 Å². The molecule has 0 fully saturated rings. The van der Waals surface area contributed by atoms with Crippen molar-refractivity contribution in [3.63, 3.8) is 0 Å². The summed E-state index contributed by atoms with van der Waals surface area (Å²) in [5, 5.41) is 13.0. The van der Waals surface area contributed by atoms with Crippen molar-refractivity contribution in [1.82, 2.24) is 0 Å². The number of hydrogen-bond donors (Lipinski definition) is 2. The van der Waals surface area contributed by atoms with Crippen LogP contribution in [0.2, 0.25) is 0 Å². The van der Waals surface area contributed by atoms with Crippen molar-refractivity contribution < 1.29 is 9.84 Å². The van der Waals surface area contributed by atoms with Crippen molar-refractivity contribution in [2.24, 2.45) is 0 Å². The molecule has 0 aliphatic heterocycles. The Bertz CT molecular complexity index is 622. The molecule has 25 heavy (non-hydrogen) atoms. The fraction of sp³-hybridized carbons (Fsp3) is 0.455. The summed E-state index contributed by atoms with van der Waals surface area (Å²) in [5.74, 6) is 0.680. The van der Waals surface area contributed by atoms with E-state index in [-0.39, 0.29) is 5.75 Å². The lowest BCUT2D eigenvalue weighted by atomic mass is 10.0. The van der Waals surface area contributed by atoms with Gasteiger partial charge in [0.2, 0.25) is 0 Å². The molecule has 3 nitrogen and oxygen atoms in total. The molecule has 136 valence electrons. The van der Waals surface area contributed by atoms with Crippen LogP contribution in [-0.2, 0) is 13.0 Å². The molecule has 0 aliphatic carbocycles. The van der Waals surface area contributed by atoms with E-state index in [1.807, 2.05) is 12.1 Å². The number of ether oxygens (including phenoxy) is 1. The SMILES string of the molecule is CCCCCCCCc1ccc(NCc2ccc(O)c(OC)c2)cc1. The minimum Gasteiger partial charge on any atom is -0.504 e. The van der Waals surface area contributed by atoms with Gasteiger partial charge in [-0.05, 0) is 48.2 Å². The number of benzene rings is 2. The summed E-state index contributed by atoms with van der Waals surface area (Å²) in [6.07, 6.45) is 9.21. The highest BCUT2D eigenvalue weighted by atomic mass is 16.5. The molecule has 0 amide bonds. The monoisotopic (exact) mass is 341 g/mol. The van der Waals surface area contributed by atoms with Crippen molar-refractivity contribution in [2.45, 2.75) is 58.4 Å². The molecule has 0 heterocycles. The van der Waals surface area contributed by atoms with Crippen LogP contribution in [0.15, 0.2) is 42.5 Å². The summed E-state index contributed by atoms with van der Waals surface area (Å²) < 4.78 is 5.14. The Morgan fingerprint density at radius 3 is 2.28 bits per heavy atom. The molecule has 0 radical (unpaired) electrons. The number of phenolic OH excluding ortho intramolecular Hbond substituents is 1. The summed E-state index contributed by atoms with van der Waals surface area (Å²) in [7, 11) is 1.56. The largest absolute Gasteiger partial charge is 0.504 e. The van der Waals surface area contributed by atoms with Crippen LogP contribution in [0, 0.1) is 0 Å². The zero-order valence-electron chi connectivity index (χ0n) is 15.6. The maximum Gasteiger partial charge on any atom is 0.160 e. The van der Waals surface area contributed by atoms with Gasteiger partial charge < -0.3 is 15.2 Å². The second-order valence-electron chi connectivity index (χ2n) is 6.57. The van der Waals surface area contributed by atoms with E-state index in [9.17, 15) is 5.11 Å². The molecular formula is C22H31NO2. The zero-order chi connectivity index (χ0) is 17.9. The molecule has 0 bridgehead atoms. The first-order valence-electron chi connectivity index (χ1n) is 9.41. The minimum atomic E-state index is 0.172. The van der Waals surface area contributed by atoms with Crippen LogP contribution >= 0.6 is 0 Å². The quantitative estimate of drug-likeness (QED) is 0.499. The van der Waals surface area contributed by atoms with Gasteiger partial charge in [0, 0.05) is 12.2 Å². The van der Waals surface area contributed by atoms with Crippen LogP contribution < -0.4 is 10.1 Å². The Balaban J connectivity index is 1.74. The van der Waals surface area contributed by atoms with Crippen molar-refractivity contribution >= 4 is 5.69 Å². The molecule has 2 aromatic carbocycles. The van der Waals surface area contributed by atoms with Crippen LogP contribution in [0.5, 0.6) is 11.5 Å². The van der Waals surface area contributed by atoms with Gasteiger partial charge in [-0.2, -0.15) is 0 Å². The van der Waals surface area contributed by atoms with Gasteiger partial charge in [0.25, 0.3) is 0 Å². The van der Waals surface area contributed by atoms with E-state index >= 15 is 0 Å². The standard InChI is InChI=1S/C22H31NO2/c1-3-4-5-6-7-8-9-18-10-13-20(14-11-18)23-17-19-12-15-21(24)22(16-19)25-2/h10-16,23-24H,3-9,17H2,1-2H3. The fourth-order valence-corrected chi connectivity index (χ4v) is 2.93. The molecule has 0 aromatic heterocycles. The van der Waals surface area contributed by atoms with Gasteiger partial charge in [0.05, 0.1) is 7.11 Å². The molecule has 2 rings (SSSR count). The van der Waals surface area contributed by atoms with Gasteiger partial charge in [-0.15, -0.1) is 0 Å². The van der Waals surface area contributed by atoms with Crippen LogP contribution in [0.1, 0.15) is 56.6 Å². The van der Waals surface area contributed by atoms with Crippen molar-refractivity contribution in [3.8, 4) is 11.5 Å². The number of unbranched alkanes of at least 4 members (excludes halogenated alkanes) is 5. The Morgan fingerprint density at radius 2 is 1.56 bits per heavy atom. The molecular weight excluding hydrogens is 310 g/mol. The average molecular weight is 341 g/mol. The lowest BCUT2D eigenvalue weighted by molar-refractivity contribution is 0.373.